The summed E-state index contributed by atoms with van der Waals surface area (Å²) in [7, 11) is 0. The largest absolute Gasteiger partial charge is 0.397 e. The second-order valence-electron chi connectivity index (χ2n) is 3.10. The number of benzene rings is 1. The van der Waals surface area contributed by atoms with E-state index >= 15 is 0 Å². The molecule has 0 radical (unpaired) electrons. The molecule has 3 N–H and O–H groups in total. The molecule has 0 aliphatic carbocycles. The van der Waals surface area contributed by atoms with Crippen molar-refractivity contribution in [1.82, 2.24) is 0 Å². The van der Waals surface area contributed by atoms with Crippen molar-refractivity contribution in [3.05, 3.63) is 23.8 Å². The van der Waals surface area contributed by atoms with Crippen LogP contribution in [0.25, 0.3) is 0 Å². The van der Waals surface area contributed by atoms with Crippen molar-refractivity contribution in [1.29, 1.82) is 5.26 Å². The molecule has 0 unspecified atom stereocenters. The maximum absolute atomic E-state index is 8.68. The van der Waals surface area contributed by atoms with Gasteiger partial charge in [0.05, 0.1) is 28.8 Å². The fourth-order valence-electron chi connectivity index (χ4n) is 1.18. The first kappa shape index (κ1) is 12.3. The third-order valence-electron chi connectivity index (χ3n) is 1.93. The summed E-state index contributed by atoms with van der Waals surface area (Å²) < 4.78 is 0. The van der Waals surface area contributed by atoms with Crippen LogP contribution in [-0.2, 0) is 0 Å². The highest BCUT2D eigenvalue weighted by Crippen LogP contribution is 2.19. The Hall–Kier alpha value is -1.78. The molecule has 4 heteroatoms. The quantitative estimate of drug-likeness (QED) is 0.462. The number of nitrogens with zero attached hydrogens (tertiary/aromatic N) is 1. The number of nitrogens with one attached hydrogen (secondary N) is 1. The van der Waals surface area contributed by atoms with E-state index < -0.39 is 0 Å². The zero-order valence-electron chi connectivity index (χ0n) is 8.86. The van der Waals surface area contributed by atoms with Gasteiger partial charge in [-0.25, -0.2) is 0 Å². The minimum Gasteiger partial charge on any atom is -0.397 e. The molecular weight excluding hydrogens is 218 g/mol. The van der Waals surface area contributed by atoms with E-state index in [2.05, 4.69) is 11.2 Å². The number of anilines is 2. The Morgan fingerprint density at radius 3 is 2.94 bits per heavy atom. The third kappa shape index (κ3) is 3.76. The highest BCUT2D eigenvalue weighted by atomic mass is 32.2. The van der Waals surface area contributed by atoms with Crippen LogP contribution in [0, 0.1) is 23.7 Å². The molecule has 1 aromatic carbocycles. The Morgan fingerprint density at radius 1 is 1.50 bits per heavy atom. The minimum absolute atomic E-state index is 0.574. The molecule has 0 saturated carbocycles. The molecular formula is C12H13N3S. The lowest BCUT2D eigenvalue weighted by atomic mass is 10.2. The van der Waals surface area contributed by atoms with Crippen molar-refractivity contribution in [2.24, 2.45) is 0 Å². The number of hydrogen-bond acceptors (Lipinski definition) is 4. The monoisotopic (exact) mass is 231 g/mol. The van der Waals surface area contributed by atoms with Crippen LogP contribution < -0.4 is 11.1 Å². The number of nitrogens with two attached hydrogens (primary N) is 1. The van der Waals surface area contributed by atoms with Crippen LogP contribution in [-0.4, -0.2) is 18.1 Å². The van der Waals surface area contributed by atoms with E-state index in [0.717, 1.165) is 23.7 Å². The van der Waals surface area contributed by atoms with Crippen molar-refractivity contribution < 1.29 is 0 Å². The molecule has 0 amide bonds. The lowest BCUT2D eigenvalue weighted by molar-refractivity contribution is 1.23. The van der Waals surface area contributed by atoms with Gasteiger partial charge in [0.1, 0.15) is 0 Å². The standard InChI is InChI=1S/C12H13N3S/c1-2-6-16-7-5-15-12-4-3-10(9-13)8-11(12)14/h1,3-4,8,15H,5-7,14H2. The van der Waals surface area contributed by atoms with Gasteiger partial charge >= 0.3 is 0 Å². The van der Waals surface area contributed by atoms with Crippen LogP contribution in [0.5, 0.6) is 0 Å². The van der Waals surface area contributed by atoms with Crippen LogP contribution in [0.2, 0.25) is 0 Å². The first-order valence-corrected chi connectivity index (χ1v) is 5.98. The molecule has 82 valence electrons. The first-order chi connectivity index (χ1) is 7.77. The highest BCUT2D eigenvalue weighted by Gasteiger charge is 1.99. The molecule has 16 heavy (non-hydrogen) atoms. The van der Waals surface area contributed by atoms with Crippen molar-refractivity contribution in [3.8, 4) is 18.4 Å². The van der Waals surface area contributed by atoms with Gasteiger partial charge in [-0.05, 0) is 18.2 Å². The average molecular weight is 231 g/mol. The highest BCUT2D eigenvalue weighted by molar-refractivity contribution is 7.99. The van der Waals surface area contributed by atoms with E-state index in [1.165, 1.54) is 0 Å². The summed E-state index contributed by atoms with van der Waals surface area (Å²) >= 11 is 1.69. The number of nitrogen functional groups attached to an aromatic ring is 1. The fraction of sp³-hybridized carbons (Fsp3) is 0.250. The molecule has 1 rings (SSSR count). The summed E-state index contributed by atoms with van der Waals surface area (Å²) in [5, 5.41) is 11.9. The predicted molar refractivity (Wildman–Crippen MR) is 70.2 cm³/mol. The number of thioether (sulfide) groups is 1. The van der Waals surface area contributed by atoms with E-state index in [9.17, 15) is 0 Å². The Kier molecular flexibility index (Phi) is 5.11. The zero-order valence-corrected chi connectivity index (χ0v) is 9.68. The summed E-state index contributed by atoms with van der Waals surface area (Å²) in [6.07, 6.45) is 5.14. The fourth-order valence-corrected chi connectivity index (χ4v) is 1.69. The Labute approximate surface area is 100 Å². The normalized spacial score (nSPS) is 9.12. The molecule has 3 nitrogen and oxygen atoms in total. The number of nitriles is 1. The zero-order chi connectivity index (χ0) is 11.8. The Balaban J connectivity index is 2.43. The van der Waals surface area contributed by atoms with E-state index in [4.69, 9.17) is 17.4 Å². The van der Waals surface area contributed by atoms with Gasteiger partial charge in [-0.1, -0.05) is 5.92 Å². The summed E-state index contributed by atoms with van der Waals surface area (Å²) in [5.41, 5.74) is 7.82. The topological polar surface area (TPSA) is 61.8 Å². The van der Waals surface area contributed by atoms with Crippen molar-refractivity contribution >= 4 is 23.1 Å². The smallest absolute Gasteiger partial charge is 0.0992 e. The maximum Gasteiger partial charge on any atom is 0.0992 e. The Bertz CT molecular complexity index is 429. The van der Waals surface area contributed by atoms with E-state index in [1.54, 1.807) is 23.9 Å². The molecule has 0 fully saturated rings. The van der Waals surface area contributed by atoms with Crippen molar-refractivity contribution in [3.63, 3.8) is 0 Å². The summed E-state index contributed by atoms with van der Waals surface area (Å²) in [6, 6.07) is 7.27. The van der Waals surface area contributed by atoms with Gasteiger partial charge < -0.3 is 11.1 Å². The number of terminal acetylenes is 1. The van der Waals surface area contributed by atoms with Crippen molar-refractivity contribution in [2.45, 2.75) is 0 Å². The van der Waals surface area contributed by atoms with Crippen LogP contribution in [0.15, 0.2) is 18.2 Å². The number of hydrogen-bond donors (Lipinski definition) is 2. The van der Waals surface area contributed by atoms with E-state index in [1.807, 2.05) is 12.1 Å². The molecule has 0 aliphatic rings. The summed E-state index contributed by atoms with van der Waals surface area (Å²) in [6.45, 7) is 0.808. The predicted octanol–water partition coefficient (Wildman–Crippen LogP) is 1.92. The molecule has 0 spiro atoms. The second kappa shape index (κ2) is 6.66. The number of rotatable bonds is 5. The first-order valence-electron chi connectivity index (χ1n) is 4.82. The molecule has 1 aromatic rings. The molecule has 0 saturated heterocycles. The van der Waals surface area contributed by atoms with Gasteiger partial charge in [-0.15, -0.1) is 18.2 Å². The van der Waals surface area contributed by atoms with Crippen molar-refractivity contribution in [2.75, 3.05) is 29.1 Å². The summed E-state index contributed by atoms with van der Waals surface area (Å²) in [5.74, 6) is 4.23. The molecule has 0 bridgehead atoms. The van der Waals surface area contributed by atoms with Crippen LogP contribution in [0.1, 0.15) is 5.56 Å². The molecule has 0 atom stereocenters. The van der Waals surface area contributed by atoms with Gasteiger partial charge in [0, 0.05) is 12.3 Å². The van der Waals surface area contributed by atoms with E-state index in [0.29, 0.717) is 11.3 Å². The minimum atomic E-state index is 0.574. The average Bonchev–Trinajstić information content (AvgIpc) is 2.30. The maximum atomic E-state index is 8.68. The molecule has 0 aliphatic heterocycles. The van der Waals surface area contributed by atoms with Gasteiger partial charge in [0.2, 0.25) is 0 Å². The third-order valence-corrected chi connectivity index (χ3v) is 2.79. The Morgan fingerprint density at radius 2 is 2.31 bits per heavy atom. The molecule has 0 aromatic heterocycles. The van der Waals surface area contributed by atoms with Crippen LogP contribution in [0.4, 0.5) is 11.4 Å². The van der Waals surface area contributed by atoms with Gasteiger partial charge in [0.25, 0.3) is 0 Å². The van der Waals surface area contributed by atoms with E-state index in [-0.39, 0.29) is 0 Å². The second-order valence-corrected chi connectivity index (χ2v) is 4.20. The van der Waals surface area contributed by atoms with Crippen LogP contribution in [0.3, 0.4) is 0 Å². The molecule has 0 heterocycles. The van der Waals surface area contributed by atoms with Gasteiger partial charge in [-0.3, -0.25) is 0 Å². The van der Waals surface area contributed by atoms with Gasteiger partial charge in [0.15, 0.2) is 0 Å². The van der Waals surface area contributed by atoms with Crippen LogP contribution >= 0.6 is 11.8 Å². The van der Waals surface area contributed by atoms with Gasteiger partial charge in [-0.2, -0.15) is 5.26 Å². The SMILES string of the molecule is C#CCSCCNc1ccc(C#N)cc1N. The summed E-state index contributed by atoms with van der Waals surface area (Å²) in [4.78, 5) is 0. The lowest BCUT2D eigenvalue weighted by Crippen LogP contribution is -2.06. The lowest BCUT2D eigenvalue weighted by Gasteiger charge is -2.08.